The van der Waals surface area contributed by atoms with E-state index in [1.165, 1.54) is 20.1 Å². The molecule has 1 aromatic rings. The second kappa shape index (κ2) is 7.22. The summed E-state index contributed by atoms with van der Waals surface area (Å²) in [5.74, 6) is -2.43. The Morgan fingerprint density at radius 1 is 1.37 bits per heavy atom. The first-order valence-electron chi connectivity index (χ1n) is 8.08. The Morgan fingerprint density at radius 3 is 2.52 bits per heavy atom. The van der Waals surface area contributed by atoms with E-state index in [1.807, 2.05) is 0 Å². The number of phenols is 1. The molecule has 1 heterocycles. The molecule has 0 saturated carbocycles. The lowest BCUT2D eigenvalue weighted by Gasteiger charge is -2.32. The summed E-state index contributed by atoms with van der Waals surface area (Å²) < 4.78 is 10.4. The molecule has 0 saturated heterocycles. The van der Waals surface area contributed by atoms with Gasteiger partial charge >= 0.3 is 17.7 Å². The second-order valence-electron chi connectivity index (χ2n) is 7.04. The summed E-state index contributed by atoms with van der Waals surface area (Å²) in [4.78, 5) is 38.8. The molecule has 0 radical (unpaired) electrons. The van der Waals surface area contributed by atoms with E-state index in [1.54, 1.807) is 20.8 Å². The van der Waals surface area contributed by atoms with Gasteiger partial charge in [-0.3, -0.25) is 14.9 Å². The minimum atomic E-state index is -0.990. The number of benzene rings is 1. The number of rotatable bonds is 4. The smallest absolute Gasteiger partial charge is 0.341 e. The summed E-state index contributed by atoms with van der Waals surface area (Å²) in [6.45, 7) is 6.60. The Kier molecular flexibility index (Phi) is 5.38. The van der Waals surface area contributed by atoms with Crippen LogP contribution in [0.3, 0.4) is 0 Å². The molecular weight excluding hydrogens is 358 g/mol. The zero-order valence-electron chi connectivity index (χ0n) is 15.6. The molecular formula is C17H21N3O7. The lowest BCUT2D eigenvalue weighted by Crippen LogP contribution is -2.45. The molecule has 27 heavy (non-hydrogen) atoms. The number of hydrogen-bond donors (Lipinski definition) is 2. The molecule has 1 aliphatic rings. The fraction of sp³-hybridized carbons (Fsp3) is 0.471. The zero-order valence-corrected chi connectivity index (χ0v) is 15.6. The number of carbonyl (C=O) groups excluding carboxylic acids is 2. The number of aromatic hydroxyl groups is 1. The van der Waals surface area contributed by atoms with Crippen molar-refractivity contribution in [3.8, 4) is 11.5 Å². The van der Waals surface area contributed by atoms with Crippen molar-refractivity contribution in [2.24, 2.45) is 10.9 Å². The molecule has 146 valence electrons. The Bertz CT molecular complexity index is 827. The number of nitrogens with one attached hydrogen (secondary N) is 1. The van der Waals surface area contributed by atoms with Gasteiger partial charge in [-0.05, 0) is 39.3 Å². The summed E-state index contributed by atoms with van der Waals surface area (Å²) in [6.07, 6.45) is 0. The molecule has 0 spiro atoms. The molecule has 2 atom stereocenters. The van der Waals surface area contributed by atoms with Gasteiger partial charge in [0.05, 0.1) is 18.1 Å². The van der Waals surface area contributed by atoms with Crippen LogP contribution in [0, 0.1) is 16.0 Å². The molecule has 1 aromatic carbocycles. The summed E-state index contributed by atoms with van der Waals surface area (Å²) >= 11 is 0. The van der Waals surface area contributed by atoms with Crippen molar-refractivity contribution in [2.75, 3.05) is 7.11 Å². The Morgan fingerprint density at radius 2 is 2.00 bits per heavy atom. The van der Waals surface area contributed by atoms with Gasteiger partial charge in [0.1, 0.15) is 11.5 Å². The number of ether oxygens (including phenoxy) is 2. The summed E-state index contributed by atoms with van der Waals surface area (Å²) in [5.41, 5.74) is -0.966. The van der Waals surface area contributed by atoms with Crippen LogP contribution in [0.5, 0.6) is 11.5 Å². The quantitative estimate of drug-likeness (QED) is 0.465. The third kappa shape index (κ3) is 4.33. The lowest BCUT2D eigenvalue weighted by atomic mass is 9.87. The van der Waals surface area contributed by atoms with Gasteiger partial charge in [-0.25, -0.2) is 9.79 Å². The van der Waals surface area contributed by atoms with Crippen molar-refractivity contribution in [2.45, 2.75) is 39.3 Å². The van der Waals surface area contributed by atoms with Crippen molar-refractivity contribution in [3.05, 3.63) is 27.8 Å². The van der Waals surface area contributed by atoms with Gasteiger partial charge in [-0.1, -0.05) is 0 Å². The van der Waals surface area contributed by atoms with E-state index in [9.17, 15) is 24.8 Å². The van der Waals surface area contributed by atoms with Gasteiger partial charge in [0.15, 0.2) is 5.75 Å². The minimum Gasteiger partial charge on any atom is -0.500 e. The number of methoxy groups -OCH3 is 1. The molecule has 2 N–H and O–H groups in total. The summed E-state index contributed by atoms with van der Waals surface area (Å²) in [6, 6.07) is 0.743. The van der Waals surface area contributed by atoms with Crippen LogP contribution in [0.4, 0.5) is 10.5 Å². The molecule has 2 amide bonds. The average Bonchev–Trinajstić information content (AvgIpc) is 2.52. The molecule has 0 fully saturated rings. The van der Waals surface area contributed by atoms with Gasteiger partial charge < -0.3 is 19.9 Å². The van der Waals surface area contributed by atoms with Crippen LogP contribution in [0.2, 0.25) is 0 Å². The van der Waals surface area contributed by atoms with E-state index in [-0.39, 0.29) is 17.0 Å². The van der Waals surface area contributed by atoms with Gasteiger partial charge in [-0.15, -0.1) is 0 Å². The first kappa shape index (κ1) is 20.1. The SMILES string of the molecule is COc1cc(C2NC(=O)N=C(C)C2C(=O)OC(C)(C)C)cc([N+](=O)[O-])c1O. The van der Waals surface area contributed by atoms with Crippen LogP contribution in [0.1, 0.15) is 39.3 Å². The average molecular weight is 379 g/mol. The summed E-state index contributed by atoms with van der Waals surface area (Å²) in [7, 11) is 1.24. The lowest BCUT2D eigenvalue weighted by molar-refractivity contribution is -0.386. The fourth-order valence-corrected chi connectivity index (χ4v) is 2.76. The first-order valence-corrected chi connectivity index (χ1v) is 8.08. The maximum absolute atomic E-state index is 12.7. The normalized spacial score (nSPS) is 19.7. The number of urea groups is 1. The molecule has 0 aliphatic carbocycles. The highest BCUT2D eigenvalue weighted by Gasteiger charge is 2.40. The van der Waals surface area contributed by atoms with E-state index < -0.39 is 45.9 Å². The molecule has 10 nitrogen and oxygen atoms in total. The topological polar surface area (TPSA) is 140 Å². The number of nitrogens with zero attached hydrogens (tertiary/aromatic N) is 2. The number of nitro benzene ring substituents is 1. The number of aliphatic imine (C=N–C) groups is 1. The van der Waals surface area contributed by atoms with E-state index >= 15 is 0 Å². The third-order valence-electron chi connectivity index (χ3n) is 3.85. The summed E-state index contributed by atoms with van der Waals surface area (Å²) in [5, 5.41) is 23.7. The Balaban J connectivity index is 2.58. The fourth-order valence-electron chi connectivity index (χ4n) is 2.76. The van der Waals surface area contributed by atoms with E-state index in [4.69, 9.17) is 9.47 Å². The highest BCUT2D eigenvalue weighted by atomic mass is 16.6. The molecule has 0 bridgehead atoms. The van der Waals surface area contributed by atoms with Crippen LogP contribution < -0.4 is 10.1 Å². The van der Waals surface area contributed by atoms with Gasteiger partial charge in [0, 0.05) is 11.8 Å². The van der Waals surface area contributed by atoms with Crippen LogP contribution in [0.25, 0.3) is 0 Å². The van der Waals surface area contributed by atoms with E-state index in [0.717, 1.165) is 6.07 Å². The number of carbonyl (C=O) groups is 2. The van der Waals surface area contributed by atoms with Gasteiger partial charge in [0.25, 0.3) is 0 Å². The van der Waals surface area contributed by atoms with Crippen molar-refractivity contribution in [1.82, 2.24) is 5.32 Å². The van der Waals surface area contributed by atoms with E-state index in [2.05, 4.69) is 10.3 Å². The Labute approximate surface area is 155 Å². The van der Waals surface area contributed by atoms with Gasteiger partial charge in [0.2, 0.25) is 5.75 Å². The number of amides is 2. The Hall–Kier alpha value is -3.17. The van der Waals surface area contributed by atoms with Gasteiger partial charge in [-0.2, -0.15) is 0 Å². The second-order valence-corrected chi connectivity index (χ2v) is 7.04. The molecule has 10 heteroatoms. The zero-order chi connectivity index (χ0) is 20.5. The highest BCUT2D eigenvalue weighted by Crippen LogP contribution is 2.40. The molecule has 1 aliphatic heterocycles. The molecule has 2 rings (SSSR count). The highest BCUT2D eigenvalue weighted by molar-refractivity contribution is 6.08. The number of phenolic OH excluding ortho intramolecular Hbond substituents is 1. The largest absolute Gasteiger partial charge is 0.500 e. The number of hydrogen-bond acceptors (Lipinski definition) is 7. The van der Waals surface area contributed by atoms with Crippen molar-refractivity contribution in [1.29, 1.82) is 0 Å². The minimum absolute atomic E-state index is 0.156. The van der Waals surface area contributed by atoms with Crippen LogP contribution in [0.15, 0.2) is 17.1 Å². The number of nitro groups is 1. The first-order chi connectivity index (χ1) is 12.4. The predicted octanol–water partition coefficient (Wildman–Crippen LogP) is 2.49. The third-order valence-corrected chi connectivity index (χ3v) is 3.85. The molecule has 2 unspecified atom stereocenters. The van der Waals surface area contributed by atoms with E-state index in [0.29, 0.717) is 0 Å². The van der Waals surface area contributed by atoms with Crippen LogP contribution in [-0.2, 0) is 9.53 Å². The monoisotopic (exact) mass is 379 g/mol. The van der Waals surface area contributed by atoms with Crippen molar-refractivity contribution in [3.63, 3.8) is 0 Å². The molecule has 0 aromatic heterocycles. The maximum atomic E-state index is 12.7. The van der Waals surface area contributed by atoms with Crippen molar-refractivity contribution < 1.29 is 29.1 Å². The van der Waals surface area contributed by atoms with Crippen molar-refractivity contribution >= 4 is 23.4 Å². The predicted molar refractivity (Wildman–Crippen MR) is 95.0 cm³/mol. The van der Waals surface area contributed by atoms with Crippen LogP contribution >= 0.6 is 0 Å². The standard InChI is InChI=1S/C17H21N3O7/c1-8-12(15(22)27-17(2,3)4)13(19-16(23)18-8)9-6-10(20(24)25)14(21)11(7-9)26-5/h6-7,12-13,21H,1-5H3,(H,19,23). The number of esters is 1. The maximum Gasteiger partial charge on any atom is 0.341 e. The van der Waals surface area contributed by atoms with Crippen LogP contribution in [-0.4, -0.2) is 40.5 Å².